The summed E-state index contributed by atoms with van der Waals surface area (Å²) < 4.78 is 4.75. The van der Waals surface area contributed by atoms with Crippen molar-refractivity contribution in [2.24, 2.45) is 0 Å². The Morgan fingerprint density at radius 3 is 2.88 bits per heavy atom. The minimum absolute atomic E-state index is 0.00389. The first-order chi connectivity index (χ1) is 7.63. The number of anilines is 1. The standard InChI is InChI=1S/C9H10ClN3O2S/c1-2-15-7(14)5-6(16)13-9-8(10)11-3-4-12-9/h3-4H,2,5H2,1H3,(H,12,13,16). The van der Waals surface area contributed by atoms with E-state index in [2.05, 4.69) is 15.3 Å². The van der Waals surface area contributed by atoms with Crippen LogP contribution >= 0.6 is 23.8 Å². The number of carbonyl (C=O) groups is 1. The first kappa shape index (κ1) is 12.8. The van der Waals surface area contributed by atoms with E-state index in [9.17, 15) is 4.79 Å². The van der Waals surface area contributed by atoms with Crippen molar-refractivity contribution in [3.05, 3.63) is 17.5 Å². The summed E-state index contributed by atoms with van der Waals surface area (Å²) in [5, 5.41) is 2.93. The van der Waals surface area contributed by atoms with Crippen LogP contribution in [0.5, 0.6) is 0 Å². The third-order valence-electron chi connectivity index (χ3n) is 1.52. The Morgan fingerprint density at radius 2 is 2.25 bits per heavy atom. The summed E-state index contributed by atoms with van der Waals surface area (Å²) in [4.78, 5) is 19.1. The van der Waals surface area contributed by atoms with Gasteiger partial charge in [-0.3, -0.25) is 4.79 Å². The second-order valence-electron chi connectivity index (χ2n) is 2.73. The van der Waals surface area contributed by atoms with Crippen molar-refractivity contribution in [2.75, 3.05) is 11.9 Å². The average molecular weight is 260 g/mol. The van der Waals surface area contributed by atoms with Crippen LogP contribution in [0.1, 0.15) is 13.3 Å². The Hall–Kier alpha value is -1.27. The maximum atomic E-state index is 11.1. The molecule has 86 valence electrons. The van der Waals surface area contributed by atoms with Crippen LogP contribution in [0.25, 0.3) is 0 Å². The Bertz CT molecular complexity index is 400. The van der Waals surface area contributed by atoms with E-state index in [4.69, 9.17) is 28.6 Å². The average Bonchev–Trinajstić information content (AvgIpc) is 2.21. The molecule has 0 fully saturated rings. The molecule has 7 heteroatoms. The summed E-state index contributed by atoms with van der Waals surface area (Å²) in [5.41, 5.74) is 0. The van der Waals surface area contributed by atoms with Gasteiger partial charge in [0.1, 0.15) is 0 Å². The van der Waals surface area contributed by atoms with Crippen LogP contribution < -0.4 is 5.32 Å². The van der Waals surface area contributed by atoms with Crippen LogP contribution in [0.15, 0.2) is 12.4 Å². The van der Waals surface area contributed by atoms with Crippen LogP contribution in [-0.4, -0.2) is 27.5 Å². The molecule has 0 aromatic carbocycles. The van der Waals surface area contributed by atoms with E-state index >= 15 is 0 Å². The highest BCUT2D eigenvalue weighted by molar-refractivity contribution is 7.80. The number of aromatic nitrogens is 2. The van der Waals surface area contributed by atoms with Crippen LogP contribution in [-0.2, 0) is 9.53 Å². The zero-order valence-corrected chi connectivity index (χ0v) is 10.1. The topological polar surface area (TPSA) is 64.1 Å². The summed E-state index contributed by atoms with van der Waals surface area (Å²) >= 11 is 10.7. The molecule has 0 bridgehead atoms. The third-order valence-corrected chi connectivity index (χ3v) is 2.04. The third kappa shape index (κ3) is 4.08. The second-order valence-corrected chi connectivity index (χ2v) is 3.58. The first-order valence-corrected chi connectivity index (χ1v) is 5.34. The quantitative estimate of drug-likeness (QED) is 0.657. The number of halogens is 1. The summed E-state index contributed by atoms with van der Waals surface area (Å²) in [6.07, 6.45) is 2.93. The van der Waals surface area contributed by atoms with Crippen molar-refractivity contribution in [3.63, 3.8) is 0 Å². The maximum Gasteiger partial charge on any atom is 0.312 e. The molecule has 0 amide bonds. The molecule has 0 unspecified atom stereocenters. The van der Waals surface area contributed by atoms with E-state index in [0.29, 0.717) is 17.4 Å². The summed E-state index contributed by atoms with van der Waals surface area (Å²) in [6.45, 7) is 2.06. The minimum Gasteiger partial charge on any atom is -0.466 e. The van der Waals surface area contributed by atoms with Gasteiger partial charge in [0.15, 0.2) is 11.0 Å². The highest BCUT2D eigenvalue weighted by Gasteiger charge is 2.09. The minimum atomic E-state index is -0.389. The highest BCUT2D eigenvalue weighted by Crippen LogP contribution is 2.14. The Balaban J connectivity index is 2.52. The maximum absolute atomic E-state index is 11.1. The van der Waals surface area contributed by atoms with Gasteiger partial charge in [-0.05, 0) is 6.92 Å². The number of thiocarbonyl (C=S) groups is 1. The van der Waals surface area contributed by atoms with Crippen molar-refractivity contribution < 1.29 is 9.53 Å². The van der Waals surface area contributed by atoms with Crippen LogP contribution in [0, 0.1) is 0 Å². The van der Waals surface area contributed by atoms with Gasteiger partial charge in [0.25, 0.3) is 0 Å². The Morgan fingerprint density at radius 1 is 1.56 bits per heavy atom. The molecule has 1 rings (SSSR count). The molecule has 1 heterocycles. The van der Waals surface area contributed by atoms with Gasteiger partial charge in [-0.2, -0.15) is 0 Å². The van der Waals surface area contributed by atoms with E-state index in [0.717, 1.165) is 0 Å². The molecule has 0 spiro atoms. The largest absolute Gasteiger partial charge is 0.466 e. The normalized spacial score (nSPS) is 9.62. The van der Waals surface area contributed by atoms with Gasteiger partial charge in [-0.15, -0.1) is 0 Å². The first-order valence-electron chi connectivity index (χ1n) is 4.55. The lowest BCUT2D eigenvalue weighted by Gasteiger charge is -2.07. The zero-order valence-electron chi connectivity index (χ0n) is 8.57. The lowest BCUT2D eigenvalue weighted by Crippen LogP contribution is -2.17. The van der Waals surface area contributed by atoms with Gasteiger partial charge in [0, 0.05) is 12.4 Å². The van der Waals surface area contributed by atoms with Gasteiger partial charge in [0.2, 0.25) is 0 Å². The van der Waals surface area contributed by atoms with E-state index in [1.807, 2.05) is 0 Å². The number of ether oxygens (including phenoxy) is 1. The van der Waals surface area contributed by atoms with Crippen molar-refractivity contribution in [2.45, 2.75) is 13.3 Å². The predicted octanol–water partition coefficient (Wildman–Crippen LogP) is 1.82. The predicted molar refractivity (Wildman–Crippen MR) is 64.5 cm³/mol. The van der Waals surface area contributed by atoms with Crippen molar-refractivity contribution >= 4 is 40.6 Å². The molecule has 0 saturated carbocycles. The number of rotatable bonds is 4. The van der Waals surface area contributed by atoms with Crippen LogP contribution in [0.3, 0.4) is 0 Å². The molecular weight excluding hydrogens is 250 g/mol. The van der Waals surface area contributed by atoms with Crippen molar-refractivity contribution in [1.29, 1.82) is 0 Å². The molecule has 0 aliphatic carbocycles. The van der Waals surface area contributed by atoms with E-state index in [-0.39, 0.29) is 17.5 Å². The molecule has 5 nitrogen and oxygen atoms in total. The molecule has 1 N–H and O–H groups in total. The van der Waals surface area contributed by atoms with E-state index < -0.39 is 0 Å². The Kier molecular flexibility index (Phi) is 5.07. The fraction of sp³-hybridized carbons (Fsp3) is 0.333. The monoisotopic (exact) mass is 259 g/mol. The number of hydrogen-bond donors (Lipinski definition) is 1. The number of esters is 1. The lowest BCUT2D eigenvalue weighted by molar-refractivity contribution is -0.141. The molecule has 1 aromatic heterocycles. The van der Waals surface area contributed by atoms with Gasteiger partial charge >= 0.3 is 5.97 Å². The zero-order chi connectivity index (χ0) is 12.0. The molecule has 0 saturated heterocycles. The smallest absolute Gasteiger partial charge is 0.312 e. The summed E-state index contributed by atoms with van der Waals surface area (Å²) in [6, 6.07) is 0. The molecule has 16 heavy (non-hydrogen) atoms. The van der Waals surface area contributed by atoms with E-state index in [1.54, 1.807) is 6.92 Å². The Labute approximate surface area is 103 Å². The van der Waals surface area contributed by atoms with Gasteiger partial charge in [-0.1, -0.05) is 23.8 Å². The number of nitrogens with one attached hydrogen (secondary N) is 1. The number of carbonyl (C=O) groups excluding carboxylic acids is 1. The van der Waals surface area contributed by atoms with Crippen LogP contribution in [0.2, 0.25) is 5.15 Å². The van der Waals surface area contributed by atoms with Gasteiger partial charge < -0.3 is 10.1 Å². The summed E-state index contributed by atoms with van der Waals surface area (Å²) in [7, 11) is 0. The molecule has 1 aromatic rings. The van der Waals surface area contributed by atoms with Crippen LogP contribution in [0.4, 0.5) is 5.82 Å². The molecule has 0 aliphatic rings. The SMILES string of the molecule is CCOC(=O)CC(=S)Nc1nccnc1Cl. The number of hydrogen-bond acceptors (Lipinski definition) is 5. The van der Waals surface area contributed by atoms with Gasteiger partial charge in [-0.25, -0.2) is 9.97 Å². The van der Waals surface area contributed by atoms with Crippen molar-refractivity contribution in [3.8, 4) is 0 Å². The van der Waals surface area contributed by atoms with Crippen molar-refractivity contribution in [1.82, 2.24) is 9.97 Å². The molecule has 0 radical (unpaired) electrons. The molecule has 0 atom stereocenters. The van der Waals surface area contributed by atoms with Gasteiger partial charge in [0.05, 0.1) is 18.0 Å². The number of nitrogens with zero attached hydrogens (tertiary/aromatic N) is 2. The second kappa shape index (κ2) is 6.34. The summed E-state index contributed by atoms with van der Waals surface area (Å²) in [5.74, 6) is -0.0570. The fourth-order valence-electron chi connectivity index (χ4n) is 0.924. The molecule has 0 aliphatic heterocycles. The lowest BCUT2D eigenvalue weighted by atomic mass is 10.4. The molecular formula is C9H10ClN3O2S. The highest BCUT2D eigenvalue weighted by atomic mass is 35.5. The fourth-order valence-corrected chi connectivity index (χ4v) is 1.29. The van der Waals surface area contributed by atoms with E-state index in [1.165, 1.54) is 12.4 Å².